The van der Waals surface area contributed by atoms with Crippen LogP contribution in [0.5, 0.6) is 0 Å². The van der Waals surface area contributed by atoms with E-state index in [1.807, 2.05) is 13.8 Å². The van der Waals surface area contributed by atoms with Crippen LogP contribution in [0.3, 0.4) is 0 Å². The first-order chi connectivity index (χ1) is 7.00. The van der Waals surface area contributed by atoms with Crippen LogP contribution in [0.2, 0.25) is 0 Å². The van der Waals surface area contributed by atoms with Gasteiger partial charge in [-0.2, -0.15) is 0 Å². The highest BCUT2D eigenvalue weighted by Crippen LogP contribution is 2.25. The minimum Gasteiger partial charge on any atom is -0.323 e. The molecule has 0 amide bonds. The zero-order chi connectivity index (χ0) is 11.2. The number of aromatic nitrogens is 2. The number of rotatable bonds is 1. The Morgan fingerprint density at radius 1 is 1.67 bits per heavy atom. The summed E-state index contributed by atoms with van der Waals surface area (Å²) in [6.07, 6.45) is 0. The van der Waals surface area contributed by atoms with Gasteiger partial charge in [-0.1, -0.05) is 11.3 Å². The van der Waals surface area contributed by atoms with Crippen LogP contribution in [-0.2, 0) is 0 Å². The van der Waals surface area contributed by atoms with Crippen molar-refractivity contribution >= 4 is 32.2 Å². The second-order valence-electron chi connectivity index (χ2n) is 3.39. The largest absolute Gasteiger partial charge is 0.323 e. The highest BCUT2D eigenvalue weighted by molar-refractivity contribution is 9.11. The quantitative estimate of drug-likeness (QED) is 0.871. The summed E-state index contributed by atoms with van der Waals surface area (Å²) in [4.78, 5) is 16.8. The molecule has 2 rings (SSSR count). The third kappa shape index (κ3) is 1.73. The summed E-state index contributed by atoms with van der Waals surface area (Å²) in [5, 5.41) is 0. The van der Waals surface area contributed by atoms with Crippen LogP contribution in [0.4, 0.5) is 0 Å². The average Bonchev–Trinajstić information content (AvgIpc) is 2.42. The fourth-order valence-corrected chi connectivity index (χ4v) is 2.81. The molecular weight excluding hydrogens is 278 g/mol. The lowest BCUT2D eigenvalue weighted by atomic mass is 10.2. The fraction of sp³-hybridized carbons (Fsp3) is 0.333. The summed E-state index contributed by atoms with van der Waals surface area (Å²) in [6, 6.07) is 1.27. The zero-order valence-corrected chi connectivity index (χ0v) is 10.7. The summed E-state index contributed by atoms with van der Waals surface area (Å²) >= 11 is 4.83. The first-order valence-corrected chi connectivity index (χ1v) is 6.06. The predicted molar refractivity (Wildman–Crippen MR) is 64.4 cm³/mol. The van der Waals surface area contributed by atoms with Crippen molar-refractivity contribution in [1.29, 1.82) is 0 Å². The second kappa shape index (κ2) is 3.70. The summed E-state index contributed by atoms with van der Waals surface area (Å²) in [5.41, 5.74) is 7.14. The van der Waals surface area contributed by atoms with Gasteiger partial charge in [0.2, 0.25) is 0 Å². The van der Waals surface area contributed by atoms with Crippen molar-refractivity contribution in [1.82, 2.24) is 9.38 Å². The molecule has 2 heterocycles. The van der Waals surface area contributed by atoms with Gasteiger partial charge in [0.15, 0.2) is 4.96 Å². The molecule has 0 saturated heterocycles. The van der Waals surface area contributed by atoms with Crippen molar-refractivity contribution in [3.8, 4) is 0 Å². The van der Waals surface area contributed by atoms with Gasteiger partial charge in [0.25, 0.3) is 5.56 Å². The first-order valence-electron chi connectivity index (χ1n) is 4.45. The summed E-state index contributed by atoms with van der Waals surface area (Å²) in [5.74, 6) is 0. The molecule has 80 valence electrons. The van der Waals surface area contributed by atoms with Crippen LogP contribution >= 0.6 is 27.3 Å². The monoisotopic (exact) mass is 287 g/mol. The van der Waals surface area contributed by atoms with E-state index >= 15 is 0 Å². The third-order valence-electron chi connectivity index (χ3n) is 2.18. The van der Waals surface area contributed by atoms with E-state index < -0.39 is 0 Å². The van der Waals surface area contributed by atoms with Crippen LogP contribution in [-0.4, -0.2) is 9.38 Å². The number of nitrogens with two attached hydrogens (primary N) is 1. The number of aryl methyl sites for hydroxylation is 1. The minimum absolute atomic E-state index is 0.0771. The van der Waals surface area contributed by atoms with Crippen molar-refractivity contribution in [2.75, 3.05) is 0 Å². The topological polar surface area (TPSA) is 60.4 Å². The molecule has 0 aliphatic heterocycles. The van der Waals surface area contributed by atoms with E-state index in [4.69, 9.17) is 5.73 Å². The number of thiazole rings is 1. The van der Waals surface area contributed by atoms with E-state index in [-0.39, 0.29) is 11.6 Å². The van der Waals surface area contributed by atoms with Gasteiger partial charge in [0.05, 0.1) is 9.48 Å². The summed E-state index contributed by atoms with van der Waals surface area (Å²) < 4.78 is 2.51. The molecule has 15 heavy (non-hydrogen) atoms. The zero-order valence-electron chi connectivity index (χ0n) is 8.32. The lowest BCUT2D eigenvalue weighted by Gasteiger charge is -2.03. The number of fused-ring (bicyclic) bond motifs is 1. The molecule has 2 aromatic rings. The maximum absolute atomic E-state index is 11.8. The Morgan fingerprint density at radius 3 is 2.93 bits per heavy atom. The molecule has 0 spiro atoms. The minimum atomic E-state index is -0.219. The fourth-order valence-electron chi connectivity index (χ4n) is 1.33. The first kappa shape index (κ1) is 10.8. The van der Waals surface area contributed by atoms with Crippen LogP contribution in [0.15, 0.2) is 14.6 Å². The molecule has 0 radical (unpaired) electrons. The van der Waals surface area contributed by atoms with Gasteiger partial charge in [0, 0.05) is 17.8 Å². The van der Waals surface area contributed by atoms with E-state index in [0.717, 1.165) is 9.48 Å². The Balaban J connectivity index is 2.85. The standard InChI is InChI=1S/C9H10BrN3OS/c1-4(11)6-3-7(14)13-5(2)8(10)15-9(13)12-6/h3-4H,11H2,1-2H3. The van der Waals surface area contributed by atoms with Crippen molar-refractivity contribution in [2.45, 2.75) is 19.9 Å². The van der Waals surface area contributed by atoms with Crippen LogP contribution in [0.25, 0.3) is 4.96 Å². The summed E-state index contributed by atoms with van der Waals surface area (Å²) in [7, 11) is 0. The molecule has 0 fully saturated rings. The molecule has 0 bridgehead atoms. The number of hydrogen-bond acceptors (Lipinski definition) is 4. The predicted octanol–water partition coefficient (Wildman–Crippen LogP) is 1.85. The van der Waals surface area contributed by atoms with E-state index in [1.54, 1.807) is 4.40 Å². The third-order valence-corrected chi connectivity index (χ3v) is 4.17. The molecule has 2 N–H and O–H groups in total. The average molecular weight is 288 g/mol. The van der Waals surface area contributed by atoms with Crippen molar-refractivity contribution < 1.29 is 0 Å². The number of nitrogens with zero attached hydrogens (tertiary/aromatic N) is 2. The molecule has 4 nitrogen and oxygen atoms in total. The number of hydrogen-bond donors (Lipinski definition) is 1. The Labute approximate surface area is 98.9 Å². The Bertz CT molecular complexity index is 572. The molecule has 1 atom stereocenters. The maximum atomic E-state index is 11.8. The van der Waals surface area contributed by atoms with Gasteiger partial charge >= 0.3 is 0 Å². The highest BCUT2D eigenvalue weighted by atomic mass is 79.9. The van der Waals surface area contributed by atoms with Gasteiger partial charge in [-0.05, 0) is 29.8 Å². The molecule has 0 aromatic carbocycles. The van der Waals surface area contributed by atoms with Crippen LogP contribution in [0, 0.1) is 6.92 Å². The lowest BCUT2D eigenvalue weighted by Crippen LogP contribution is -2.18. The van der Waals surface area contributed by atoms with Crippen molar-refractivity contribution in [2.24, 2.45) is 5.73 Å². The number of halogens is 1. The molecular formula is C9H10BrN3OS. The van der Waals surface area contributed by atoms with Crippen LogP contribution < -0.4 is 11.3 Å². The SMILES string of the molecule is Cc1c(Br)sc2nc(C(C)N)cc(=O)n12. The Kier molecular flexibility index (Phi) is 2.66. The molecule has 2 aromatic heterocycles. The Hall–Kier alpha value is -0.720. The molecule has 6 heteroatoms. The van der Waals surface area contributed by atoms with Gasteiger partial charge in [-0.25, -0.2) is 4.98 Å². The van der Waals surface area contributed by atoms with E-state index in [2.05, 4.69) is 20.9 Å². The van der Waals surface area contributed by atoms with E-state index in [9.17, 15) is 4.79 Å². The van der Waals surface area contributed by atoms with Gasteiger partial charge in [-0.3, -0.25) is 9.20 Å². The smallest absolute Gasteiger partial charge is 0.259 e. The maximum Gasteiger partial charge on any atom is 0.259 e. The highest BCUT2D eigenvalue weighted by Gasteiger charge is 2.11. The van der Waals surface area contributed by atoms with Gasteiger partial charge < -0.3 is 5.73 Å². The lowest BCUT2D eigenvalue weighted by molar-refractivity contribution is 0.774. The normalized spacial score (nSPS) is 13.3. The second-order valence-corrected chi connectivity index (χ2v) is 5.68. The van der Waals surface area contributed by atoms with Crippen LogP contribution in [0.1, 0.15) is 24.4 Å². The molecule has 1 unspecified atom stereocenters. The molecule has 0 aliphatic rings. The van der Waals surface area contributed by atoms with Crippen molar-refractivity contribution in [3.63, 3.8) is 0 Å². The summed E-state index contributed by atoms with van der Waals surface area (Å²) in [6.45, 7) is 3.69. The van der Waals surface area contributed by atoms with E-state index in [1.165, 1.54) is 17.4 Å². The van der Waals surface area contributed by atoms with E-state index in [0.29, 0.717) is 10.7 Å². The van der Waals surface area contributed by atoms with Crippen molar-refractivity contribution in [3.05, 3.63) is 31.6 Å². The Morgan fingerprint density at radius 2 is 2.33 bits per heavy atom. The van der Waals surface area contributed by atoms with Gasteiger partial charge in [0.1, 0.15) is 0 Å². The molecule has 0 saturated carbocycles. The van der Waals surface area contributed by atoms with Gasteiger partial charge in [-0.15, -0.1) is 0 Å². The molecule has 0 aliphatic carbocycles.